The lowest BCUT2D eigenvalue weighted by molar-refractivity contribution is 0.0769. The Morgan fingerprint density at radius 1 is 1.00 bits per heavy atom. The fourth-order valence-corrected chi connectivity index (χ4v) is 4.07. The number of allylic oxidation sites excluding steroid dienone is 1. The molecule has 2 aromatic carbocycles. The van der Waals surface area contributed by atoms with E-state index in [0.717, 1.165) is 65.3 Å². The number of hydrogen-bond acceptors (Lipinski definition) is 5. The van der Waals surface area contributed by atoms with Gasteiger partial charge in [0, 0.05) is 0 Å². The van der Waals surface area contributed by atoms with Gasteiger partial charge in [-0.2, -0.15) is 0 Å². The van der Waals surface area contributed by atoms with Gasteiger partial charge in [0.05, 0.1) is 5.71 Å². The van der Waals surface area contributed by atoms with Crippen LogP contribution < -0.4 is 14.2 Å². The van der Waals surface area contributed by atoms with E-state index >= 15 is 0 Å². The SMILES string of the molecule is C/C=C/COc1cc(C)c(OC2CCCC2Oc2ccc(/C(CC)=N\OC)cc2)c(C)c1. The summed E-state index contributed by atoms with van der Waals surface area (Å²) in [5, 5.41) is 4.09. The van der Waals surface area contributed by atoms with Crippen LogP contribution in [0.1, 0.15) is 56.2 Å². The number of nitrogens with zero attached hydrogens (tertiary/aromatic N) is 1. The summed E-state index contributed by atoms with van der Waals surface area (Å²) >= 11 is 0. The van der Waals surface area contributed by atoms with E-state index in [4.69, 9.17) is 19.0 Å². The van der Waals surface area contributed by atoms with Gasteiger partial charge >= 0.3 is 0 Å². The topological polar surface area (TPSA) is 49.3 Å². The van der Waals surface area contributed by atoms with Crippen LogP contribution in [0.25, 0.3) is 0 Å². The van der Waals surface area contributed by atoms with Gasteiger partial charge in [-0.05, 0) is 99.5 Å². The van der Waals surface area contributed by atoms with Crippen LogP contribution in [-0.2, 0) is 4.84 Å². The Morgan fingerprint density at radius 2 is 1.66 bits per heavy atom. The van der Waals surface area contributed by atoms with Crippen LogP contribution in [0.4, 0.5) is 0 Å². The van der Waals surface area contributed by atoms with E-state index < -0.39 is 0 Å². The molecule has 0 N–H and O–H groups in total. The molecule has 0 radical (unpaired) electrons. The molecule has 0 saturated heterocycles. The molecule has 5 nitrogen and oxygen atoms in total. The summed E-state index contributed by atoms with van der Waals surface area (Å²) in [6.45, 7) is 8.77. The van der Waals surface area contributed by atoms with Gasteiger partial charge in [-0.3, -0.25) is 0 Å². The molecule has 1 aliphatic rings. The van der Waals surface area contributed by atoms with Crippen LogP contribution in [0.5, 0.6) is 17.2 Å². The summed E-state index contributed by atoms with van der Waals surface area (Å²) in [6, 6.07) is 12.1. The minimum Gasteiger partial charge on any atom is -0.490 e. The van der Waals surface area contributed by atoms with E-state index in [9.17, 15) is 0 Å². The predicted molar refractivity (Wildman–Crippen MR) is 129 cm³/mol. The van der Waals surface area contributed by atoms with Crippen molar-refractivity contribution in [3.05, 3.63) is 65.2 Å². The van der Waals surface area contributed by atoms with Crippen molar-refractivity contribution in [2.24, 2.45) is 5.16 Å². The second kappa shape index (κ2) is 11.6. The monoisotopic (exact) mass is 437 g/mol. The molecule has 0 spiro atoms. The predicted octanol–water partition coefficient (Wildman–Crippen LogP) is 6.40. The quantitative estimate of drug-likeness (QED) is 0.245. The molecule has 1 aliphatic carbocycles. The van der Waals surface area contributed by atoms with Crippen molar-refractivity contribution < 1.29 is 19.0 Å². The van der Waals surface area contributed by atoms with Crippen LogP contribution in [0, 0.1) is 13.8 Å². The molecule has 1 saturated carbocycles. The first-order valence-corrected chi connectivity index (χ1v) is 11.4. The van der Waals surface area contributed by atoms with Crippen molar-refractivity contribution in [2.45, 2.75) is 65.6 Å². The zero-order valence-corrected chi connectivity index (χ0v) is 19.9. The molecular formula is C27H35NO4. The van der Waals surface area contributed by atoms with E-state index in [1.165, 1.54) is 0 Å². The average Bonchev–Trinajstić information content (AvgIpc) is 3.22. The van der Waals surface area contributed by atoms with E-state index in [1.54, 1.807) is 7.11 Å². The van der Waals surface area contributed by atoms with Crippen molar-refractivity contribution in [3.8, 4) is 17.2 Å². The summed E-state index contributed by atoms with van der Waals surface area (Å²) in [5.74, 6) is 2.65. The van der Waals surface area contributed by atoms with Gasteiger partial charge < -0.3 is 19.0 Å². The van der Waals surface area contributed by atoms with E-state index in [0.29, 0.717) is 6.61 Å². The Morgan fingerprint density at radius 3 is 2.25 bits per heavy atom. The molecule has 0 aromatic heterocycles. The highest BCUT2D eigenvalue weighted by molar-refractivity contribution is 6.00. The first-order chi connectivity index (χ1) is 15.5. The zero-order valence-electron chi connectivity index (χ0n) is 19.9. The average molecular weight is 438 g/mol. The lowest BCUT2D eigenvalue weighted by Gasteiger charge is -2.25. The molecular weight excluding hydrogens is 402 g/mol. The molecule has 3 rings (SSSR count). The van der Waals surface area contributed by atoms with Crippen molar-refractivity contribution in [2.75, 3.05) is 13.7 Å². The normalized spacial score (nSPS) is 18.7. The maximum atomic E-state index is 6.48. The van der Waals surface area contributed by atoms with Gasteiger partial charge in [-0.25, -0.2) is 0 Å². The summed E-state index contributed by atoms with van der Waals surface area (Å²) in [7, 11) is 1.57. The number of ether oxygens (including phenoxy) is 3. The Balaban J connectivity index is 1.67. The smallest absolute Gasteiger partial charge is 0.135 e. The second-order valence-electron chi connectivity index (χ2n) is 8.11. The first kappa shape index (κ1) is 23.7. The first-order valence-electron chi connectivity index (χ1n) is 11.4. The standard InChI is InChI=1S/C27H35NO4/c1-6-8-16-30-23-17-19(3)27(20(4)18-23)32-26-11-9-10-25(26)31-22-14-12-21(13-15-22)24(7-2)28-29-5/h6,8,12-15,17-18,25-26H,7,9-11,16H2,1-5H3/b8-6+,28-24-. The fourth-order valence-electron chi connectivity index (χ4n) is 4.07. The molecule has 2 atom stereocenters. The van der Waals surface area contributed by atoms with Gasteiger partial charge in [0.25, 0.3) is 0 Å². The van der Waals surface area contributed by atoms with Gasteiger partial charge in [-0.15, -0.1) is 0 Å². The highest BCUT2D eigenvalue weighted by Crippen LogP contribution is 2.34. The highest BCUT2D eigenvalue weighted by atomic mass is 16.6. The molecule has 172 valence electrons. The molecule has 0 heterocycles. The third-order valence-electron chi connectivity index (χ3n) is 5.69. The highest BCUT2D eigenvalue weighted by Gasteiger charge is 2.31. The maximum Gasteiger partial charge on any atom is 0.135 e. The van der Waals surface area contributed by atoms with Crippen LogP contribution in [-0.4, -0.2) is 31.6 Å². The maximum absolute atomic E-state index is 6.48. The van der Waals surface area contributed by atoms with Crippen molar-refractivity contribution >= 4 is 5.71 Å². The van der Waals surface area contributed by atoms with Crippen LogP contribution in [0.15, 0.2) is 53.7 Å². The summed E-state index contributed by atoms with van der Waals surface area (Å²) in [4.78, 5) is 4.94. The Labute approximate surface area is 192 Å². The minimum atomic E-state index is 0.0307. The van der Waals surface area contributed by atoms with Gasteiger partial charge in [0.2, 0.25) is 0 Å². The van der Waals surface area contributed by atoms with Crippen LogP contribution in [0.2, 0.25) is 0 Å². The number of oxime groups is 1. The van der Waals surface area contributed by atoms with Crippen LogP contribution >= 0.6 is 0 Å². The van der Waals surface area contributed by atoms with Gasteiger partial charge in [-0.1, -0.05) is 24.2 Å². The van der Waals surface area contributed by atoms with Crippen LogP contribution in [0.3, 0.4) is 0 Å². The zero-order chi connectivity index (χ0) is 22.9. The van der Waals surface area contributed by atoms with Crippen molar-refractivity contribution in [3.63, 3.8) is 0 Å². The van der Waals surface area contributed by atoms with E-state index in [1.807, 2.05) is 55.5 Å². The fraction of sp³-hybridized carbons (Fsp3) is 0.444. The van der Waals surface area contributed by atoms with Crippen molar-refractivity contribution in [1.82, 2.24) is 0 Å². The second-order valence-corrected chi connectivity index (χ2v) is 8.11. The van der Waals surface area contributed by atoms with Gasteiger partial charge in [0.1, 0.15) is 43.2 Å². The summed E-state index contributed by atoms with van der Waals surface area (Å²) < 4.78 is 18.6. The summed E-state index contributed by atoms with van der Waals surface area (Å²) in [5.41, 5.74) is 4.13. The number of rotatable bonds is 10. The largest absolute Gasteiger partial charge is 0.490 e. The Bertz CT molecular complexity index is 910. The molecule has 5 heteroatoms. The Hall–Kier alpha value is -2.95. The number of benzene rings is 2. The molecule has 32 heavy (non-hydrogen) atoms. The number of hydrogen-bond donors (Lipinski definition) is 0. The third-order valence-corrected chi connectivity index (χ3v) is 5.69. The summed E-state index contributed by atoms with van der Waals surface area (Å²) in [6.07, 6.45) is 7.92. The molecule has 0 aliphatic heterocycles. The minimum absolute atomic E-state index is 0.0307. The van der Waals surface area contributed by atoms with E-state index in [-0.39, 0.29) is 12.2 Å². The third kappa shape index (κ3) is 6.06. The molecule has 2 unspecified atom stereocenters. The molecule has 0 bridgehead atoms. The lowest BCUT2D eigenvalue weighted by Crippen LogP contribution is -2.31. The van der Waals surface area contributed by atoms with E-state index in [2.05, 4.69) is 25.9 Å². The molecule has 1 fully saturated rings. The van der Waals surface area contributed by atoms with Gasteiger partial charge in [0.15, 0.2) is 0 Å². The number of aryl methyl sites for hydroxylation is 2. The molecule has 2 aromatic rings. The molecule has 0 amide bonds. The Kier molecular flexibility index (Phi) is 8.60. The van der Waals surface area contributed by atoms with Crippen molar-refractivity contribution in [1.29, 1.82) is 0 Å². The lowest BCUT2D eigenvalue weighted by atomic mass is 10.1.